The lowest BCUT2D eigenvalue weighted by Crippen LogP contribution is -2.25. The summed E-state index contributed by atoms with van der Waals surface area (Å²) in [4.78, 5) is 48.9. The SMILES string of the molecule is Cc1cc(NC(=O)C(=O)c2c[nH]c3ccccc23)n(-c2nc3c(cnn3-c3ccc(Cl)cc3)c(=O)[nH]2)n1. The number of benzene rings is 2. The van der Waals surface area contributed by atoms with Crippen molar-refractivity contribution in [3.63, 3.8) is 0 Å². The van der Waals surface area contributed by atoms with Crippen molar-refractivity contribution in [2.45, 2.75) is 6.92 Å². The van der Waals surface area contributed by atoms with Gasteiger partial charge in [-0.1, -0.05) is 29.8 Å². The van der Waals surface area contributed by atoms with E-state index in [1.165, 1.54) is 21.8 Å². The second-order valence-corrected chi connectivity index (χ2v) is 8.71. The minimum atomic E-state index is -0.861. The Morgan fingerprint density at radius 3 is 2.62 bits per heavy atom. The highest BCUT2D eigenvalue weighted by Gasteiger charge is 2.23. The Bertz CT molecular complexity index is 1900. The lowest BCUT2D eigenvalue weighted by molar-refractivity contribution is -0.112. The Hall–Kier alpha value is -5.03. The van der Waals surface area contributed by atoms with Gasteiger partial charge in [-0.05, 0) is 37.3 Å². The van der Waals surface area contributed by atoms with Crippen LogP contribution in [0.2, 0.25) is 5.02 Å². The topological polar surface area (TPSA) is 143 Å². The number of carbonyl (C=O) groups is 2. The number of aromatic amines is 2. The second kappa shape index (κ2) is 8.57. The molecule has 0 saturated carbocycles. The molecule has 2 aromatic carbocycles. The highest BCUT2D eigenvalue weighted by molar-refractivity contribution is 6.48. The van der Waals surface area contributed by atoms with Gasteiger partial charge in [-0.3, -0.25) is 19.4 Å². The van der Waals surface area contributed by atoms with Gasteiger partial charge in [0.05, 0.1) is 23.1 Å². The molecule has 6 aromatic rings. The number of amides is 1. The zero-order chi connectivity index (χ0) is 25.7. The van der Waals surface area contributed by atoms with E-state index < -0.39 is 17.2 Å². The normalized spacial score (nSPS) is 11.3. The van der Waals surface area contributed by atoms with Gasteiger partial charge in [0.25, 0.3) is 17.2 Å². The molecule has 0 atom stereocenters. The van der Waals surface area contributed by atoms with Crippen LogP contribution in [0.4, 0.5) is 5.82 Å². The molecule has 0 aliphatic rings. The summed E-state index contributed by atoms with van der Waals surface area (Å²) in [6.07, 6.45) is 2.91. The summed E-state index contributed by atoms with van der Waals surface area (Å²) in [7, 11) is 0. The van der Waals surface area contributed by atoms with Gasteiger partial charge < -0.3 is 10.3 Å². The van der Waals surface area contributed by atoms with Crippen LogP contribution in [0, 0.1) is 6.92 Å². The van der Waals surface area contributed by atoms with Gasteiger partial charge in [0, 0.05) is 28.2 Å². The molecule has 0 spiro atoms. The third kappa shape index (κ3) is 3.87. The molecule has 1 amide bonds. The molecule has 4 aromatic heterocycles. The van der Waals surface area contributed by atoms with Crippen molar-refractivity contribution in [2.75, 3.05) is 5.32 Å². The number of halogens is 1. The zero-order valence-corrected chi connectivity index (χ0v) is 19.9. The summed E-state index contributed by atoms with van der Waals surface area (Å²) in [6.45, 7) is 1.71. The molecular weight excluding hydrogens is 496 g/mol. The van der Waals surface area contributed by atoms with E-state index in [9.17, 15) is 14.4 Å². The van der Waals surface area contributed by atoms with Crippen LogP contribution in [0.3, 0.4) is 0 Å². The summed E-state index contributed by atoms with van der Waals surface area (Å²) in [5, 5.41) is 12.7. The summed E-state index contributed by atoms with van der Waals surface area (Å²) >= 11 is 5.99. The summed E-state index contributed by atoms with van der Waals surface area (Å²) in [6, 6.07) is 15.7. The van der Waals surface area contributed by atoms with Crippen LogP contribution in [-0.2, 0) is 4.79 Å². The third-order valence-corrected chi connectivity index (χ3v) is 6.06. The minimum Gasteiger partial charge on any atom is -0.360 e. The number of Topliss-reactive ketones (excluding diaryl/α,β-unsaturated/α-hetero) is 1. The number of ketones is 1. The maximum absolute atomic E-state index is 12.9. The maximum atomic E-state index is 12.9. The number of nitrogens with zero attached hydrogens (tertiary/aromatic N) is 5. The quantitative estimate of drug-likeness (QED) is 0.238. The van der Waals surface area contributed by atoms with Gasteiger partial charge in [0.2, 0.25) is 5.95 Å². The lowest BCUT2D eigenvalue weighted by atomic mass is 10.1. The molecule has 11 nitrogen and oxygen atoms in total. The number of aromatic nitrogens is 7. The molecule has 0 bridgehead atoms. The standard InChI is InChI=1S/C25H17ClN8O3/c1-13-10-20(29-24(37)21(35)17-11-27-19-5-3-2-4-16(17)19)34(32-13)25-30-22-18(23(36)31-25)12-28-33(22)15-8-6-14(26)7-9-15/h2-12,27H,1H3,(H,29,37)(H,30,31,36). The van der Waals surface area contributed by atoms with E-state index in [0.29, 0.717) is 21.8 Å². The first-order valence-electron chi connectivity index (χ1n) is 11.1. The van der Waals surface area contributed by atoms with Gasteiger partial charge in [0.15, 0.2) is 5.65 Å². The molecule has 0 unspecified atom stereocenters. The van der Waals surface area contributed by atoms with Crippen molar-refractivity contribution in [1.82, 2.24) is 34.5 Å². The van der Waals surface area contributed by atoms with Crippen LogP contribution >= 0.6 is 11.6 Å². The number of hydrogen-bond acceptors (Lipinski definition) is 6. The molecule has 4 heterocycles. The van der Waals surface area contributed by atoms with Crippen LogP contribution in [-0.4, -0.2) is 46.2 Å². The monoisotopic (exact) mass is 512 g/mol. The van der Waals surface area contributed by atoms with Crippen LogP contribution < -0.4 is 10.9 Å². The van der Waals surface area contributed by atoms with Crippen LogP contribution in [0.25, 0.3) is 33.6 Å². The summed E-state index contributed by atoms with van der Waals surface area (Å²) in [5.41, 5.74) is 2.01. The van der Waals surface area contributed by atoms with Crippen LogP contribution in [0.1, 0.15) is 16.1 Å². The number of fused-ring (bicyclic) bond motifs is 2. The van der Waals surface area contributed by atoms with Crippen molar-refractivity contribution >= 4 is 51.0 Å². The number of anilines is 1. The number of rotatable bonds is 5. The Morgan fingerprint density at radius 2 is 1.81 bits per heavy atom. The number of para-hydroxylation sites is 1. The average Bonchev–Trinajstić information content (AvgIpc) is 3.61. The van der Waals surface area contributed by atoms with E-state index in [1.807, 2.05) is 12.1 Å². The molecule has 6 rings (SSSR count). The van der Waals surface area contributed by atoms with E-state index in [2.05, 4.69) is 30.5 Å². The van der Waals surface area contributed by atoms with Gasteiger partial charge in [-0.25, -0.2) is 4.68 Å². The van der Waals surface area contributed by atoms with Crippen LogP contribution in [0.15, 0.2) is 71.8 Å². The highest BCUT2D eigenvalue weighted by Crippen LogP contribution is 2.21. The van der Waals surface area contributed by atoms with Crippen molar-refractivity contribution in [3.8, 4) is 11.6 Å². The zero-order valence-electron chi connectivity index (χ0n) is 19.2. The lowest BCUT2D eigenvalue weighted by Gasteiger charge is -2.08. The Balaban J connectivity index is 1.38. The molecule has 0 fully saturated rings. The van der Waals surface area contributed by atoms with Crippen molar-refractivity contribution in [2.24, 2.45) is 0 Å². The predicted molar refractivity (Wildman–Crippen MR) is 138 cm³/mol. The first-order valence-corrected chi connectivity index (χ1v) is 11.5. The number of carbonyl (C=O) groups excluding carboxylic acids is 2. The van der Waals surface area contributed by atoms with Gasteiger partial charge in [0.1, 0.15) is 11.2 Å². The summed E-state index contributed by atoms with van der Waals surface area (Å²) < 4.78 is 2.76. The fraction of sp³-hybridized carbons (Fsp3) is 0.0400. The second-order valence-electron chi connectivity index (χ2n) is 8.27. The fourth-order valence-electron chi connectivity index (χ4n) is 4.08. The van der Waals surface area contributed by atoms with Crippen molar-refractivity contribution in [1.29, 1.82) is 0 Å². The molecule has 0 aliphatic carbocycles. The van der Waals surface area contributed by atoms with Gasteiger partial charge in [-0.15, -0.1) is 0 Å². The van der Waals surface area contributed by atoms with E-state index in [0.717, 1.165) is 5.52 Å². The predicted octanol–water partition coefficient (Wildman–Crippen LogP) is 3.56. The smallest absolute Gasteiger partial charge is 0.298 e. The number of H-pyrrole nitrogens is 2. The Kier molecular flexibility index (Phi) is 5.20. The number of aryl methyl sites for hydroxylation is 1. The molecule has 3 N–H and O–H groups in total. The molecule has 0 aliphatic heterocycles. The molecule has 182 valence electrons. The molecular formula is C25H17ClN8O3. The van der Waals surface area contributed by atoms with E-state index in [-0.39, 0.29) is 28.4 Å². The van der Waals surface area contributed by atoms with Crippen molar-refractivity contribution < 1.29 is 9.59 Å². The molecule has 0 saturated heterocycles. The molecule has 12 heteroatoms. The number of hydrogen-bond donors (Lipinski definition) is 3. The summed E-state index contributed by atoms with van der Waals surface area (Å²) in [5.74, 6) is -1.38. The first-order chi connectivity index (χ1) is 17.9. The van der Waals surface area contributed by atoms with Gasteiger partial charge in [-0.2, -0.15) is 19.9 Å². The maximum Gasteiger partial charge on any atom is 0.298 e. The van der Waals surface area contributed by atoms with Gasteiger partial charge >= 0.3 is 0 Å². The average molecular weight is 513 g/mol. The van der Waals surface area contributed by atoms with E-state index in [1.54, 1.807) is 49.4 Å². The molecule has 0 radical (unpaired) electrons. The minimum absolute atomic E-state index is 0.0381. The Labute approximate surface area is 212 Å². The van der Waals surface area contributed by atoms with Crippen LogP contribution in [0.5, 0.6) is 0 Å². The largest absolute Gasteiger partial charge is 0.360 e. The molecule has 37 heavy (non-hydrogen) atoms. The van der Waals surface area contributed by atoms with E-state index >= 15 is 0 Å². The fourth-order valence-corrected chi connectivity index (χ4v) is 4.21. The highest BCUT2D eigenvalue weighted by atomic mass is 35.5. The third-order valence-electron chi connectivity index (χ3n) is 5.81. The van der Waals surface area contributed by atoms with E-state index in [4.69, 9.17) is 11.6 Å². The van der Waals surface area contributed by atoms with Crippen molar-refractivity contribution in [3.05, 3.63) is 93.6 Å². The number of nitrogens with one attached hydrogen (secondary N) is 3. The Morgan fingerprint density at radius 1 is 1.03 bits per heavy atom. The first kappa shape index (κ1) is 22.4.